The highest BCUT2D eigenvalue weighted by atomic mass is 16.1. The number of rotatable bonds is 14. The number of nitrogens with one attached hydrogen (secondary N) is 2. The first-order chi connectivity index (χ1) is 10.9. The summed E-state index contributed by atoms with van der Waals surface area (Å²) in [4.78, 5) is 22.6. The first-order valence-corrected chi connectivity index (χ1v) is 8.38. The molecule has 0 saturated carbocycles. The second-order valence-electron chi connectivity index (χ2n) is 5.94. The molecule has 0 heterocycles. The smallest absolute Gasteiger partial charge is 0.142 e. The summed E-state index contributed by atoms with van der Waals surface area (Å²) in [6.07, 6.45) is 7.99. The first-order valence-electron chi connectivity index (χ1n) is 8.38. The van der Waals surface area contributed by atoms with Gasteiger partial charge in [0.1, 0.15) is 12.1 Å². The Hall–Kier alpha value is -1.68. The molecule has 0 spiro atoms. The average Bonchev–Trinajstić information content (AvgIpc) is 2.54. The molecule has 0 radical (unpaired) electrons. The van der Waals surface area contributed by atoms with Gasteiger partial charge >= 0.3 is 0 Å². The van der Waals surface area contributed by atoms with E-state index in [9.17, 15) is 9.59 Å². The van der Waals surface area contributed by atoms with Crippen molar-refractivity contribution in [2.45, 2.75) is 52.0 Å². The summed E-state index contributed by atoms with van der Waals surface area (Å²) in [7, 11) is 1.93. The van der Waals surface area contributed by atoms with Gasteiger partial charge in [-0.25, -0.2) is 0 Å². The van der Waals surface area contributed by atoms with Gasteiger partial charge in [0.2, 0.25) is 0 Å². The van der Waals surface area contributed by atoms with Crippen LogP contribution in [0, 0.1) is 5.92 Å². The number of carbonyl (C=O) groups excluding carboxylic acids is 2. The molecular formula is C19H32N2O2. The maximum atomic E-state index is 11.5. The normalized spacial score (nSPS) is 13.5. The van der Waals surface area contributed by atoms with Crippen LogP contribution in [0.1, 0.15) is 46.0 Å². The minimum atomic E-state index is -0.372. The number of hydrogen-bond acceptors (Lipinski definition) is 4. The molecule has 2 atom stereocenters. The van der Waals surface area contributed by atoms with Crippen LogP contribution in [0.4, 0.5) is 0 Å². The van der Waals surface area contributed by atoms with Crippen LogP contribution >= 0.6 is 0 Å². The molecule has 2 unspecified atom stereocenters. The van der Waals surface area contributed by atoms with Crippen molar-refractivity contribution in [3.63, 3.8) is 0 Å². The van der Waals surface area contributed by atoms with Crippen molar-refractivity contribution < 1.29 is 9.59 Å². The van der Waals surface area contributed by atoms with Crippen LogP contribution in [-0.2, 0) is 9.59 Å². The van der Waals surface area contributed by atoms with Crippen LogP contribution < -0.4 is 10.6 Å². The molecule has 4 heteroatoms. The lowest BCUT2D eigenvalue weighted by molar-refractivity contribution is -0.119. The molecular weight excluding hydrogens is 288 g/mol. The van der Waals surface area contributed by atoms with Crippen LogP contribution in [-0.4, -0.2) is 31.7 Å². The molecule has 0 aromatic carbocycles. The number of ketones is 1. The van der Waals surface area contributed by atoms with Crippen molar-refractivity contribution >= 4 is 12.1 Å². The number of carbonyl (C=O) groups is 2. The Labute approximate surface area is 141 Å². The highest BCUT2D eigenvalue weighted by Gasteiger charge is 2.10. The van der Waals surface area contributed by atoms with E-state index >= 15 is 0 Å². The second kappa shape index (κ2) is 12.8. The molecule has 23 heavy (non-hydrogen) atoms. The van der Waals surface area contributed by atoms with Crippen molar-refractivity contribution in [2.24, 2.45) is 5.92 Å². The maximum absolute atomic E-state index is 11.5. The molecule has 0 fully saturated rings. The van der Waals surface area contributed by atoms with E-state index in [1.807, 2.05) is 26.1 Å². The van der Waals surface area contributed by atoms with Gasteiger partial charge in [-0.3, -0.25) is 4.79 Å². The fourth-order valence-corrected chi connectivity index (χ4v) is 2.10. The molecule has 0 aromatic rings. The largest absolute Gasteiger partial charge is 0.376 e. The minimum absolute atomic E-state index is 0.203. The van der Waals surface area contributed by atoms with Crippen LogP contribution in [0.5, 0.6) is 0 Å². The van der Waals surface area contributed by atoms with Crippen molar-refractivity contribution in [3.05, 3.63) is 36.6 Å². The summed E-state index contributed by atoms with van der Waals surface area (Å²) in [5.41, 5.74) is 1.69. The van der Waals surface area contributed by atoms with Gasteiger partial charge in [-0.05, 0) is 44.8 Å². The van der Waals surface area contributed by atoms with Gasteiger partial charge < -0.3 is 15.4 Å². The molecule has 0 aliphatic rings. The Morgan fingerprint density at radius 2 is 1.87 bits per heavy atom. The molecule has 0 saturated heterocycles. The van der Waals surface area contributed by atoms with Crippen molar-refractivity contribution in [1.82, 2.24) is 10.6 Å². The van der Waals surface area contributed by atoms with E-state index in [4.69, 9.17) is 0 Å². The average molecular weight is 320 g/mol. The van der Waals surface area contributed by atoms with E-state index in [0.29, 0.717) is 30.9 Å². The Morgan fingerprint density at radius 1 is 1.17 bits per heavy atom. The predicted molar refractivity (Wildman–Crippen MR) is 97.3 cm³/mol. The monoisotopic (exact) mass is 320 g/mol. The minimum Gasteiger partial charge on any atom is -0.376 e. The van der Waals surface area contributed by atoms with E-state index in [-0.39, 0.29) is 11.8 Å². The molecule has 4 nitrogen and oxygen atoms in total. The molecule has 2 N–H and O–H groups in total. The van der Waals surface area contributed by atoms with E-state index in [1.54, 1.807) is 0 Å². The highest BCUT2D eigenvalue weighted by molar-refractivity contribution is 5.78. The Bertz CT molecular complexity index is 427. The standard InChI is InChI=1S/C19H32N2O2/c1-6-7-19(23)11-10-18(14-22)21-17(4)9-8-15(2)16(3)12-13-20-5/h8-9,14,16,18,20-21H,2,4,6-7,10-13H2,1,3,5H3/b9-8-. The maximum Gasteiger partial charge on any atom is 0.142 e. The molecule has 0 aliphatic heterocycles. The lowest BCUT2D eigenvalue weighted by Crippen LogP contribution is -2.29. The molecule has 0 aromatic heterocycles. The van der Waals surface area contributed by atoms with Crippen molar-refractivity contribution in [2.75, 3.05) is 13.6 Å². The topological polar surface area (TPSA) is 58.2 Å². The van der Waals surface area contributed by atoms with Gasteiger partial charge in [-0.1, -0.05) is 38.7 Å². The van der Waals surface area contributed by atoms with Gasteiger partial charge in [-0.15, -0.1) is 0 Å². The number of Topliss-reactive ketones (excluding diaryl/α,β-unsaturated/α-hetero) is 1. The summed E-state index contributed by atoms with van der Waals surface area (Å²) in [6.45, 7) is 13.0. The summed E-state index contributed by atoms with van der Waals surface area (Å²) in [5, 5.41) is 6.17. The van der Waals surface area contributed by atoms with E-state index in [1.165, 1.54) is 0 Å². The number of hydrogen-bond donors (Lipinski definition) is 2. The second-order valence-corrected chi connectivity index (χ2v) is 5.94. The van der Waals surface area contributed by atoms with Gasteiger partial charge in [0.25, 0.3) is 0 Å². The zero-order chi connectivity index (χ0) is 17.7. The van der Waals surface area contributed by atoms with Gasteiger partial charge in [0.15, 0.2) is 0 Å². The Balaban J connectivity index is 4.27. The van der Waals surface area contributed by atoms with E-state index in [0.717, 1.165) is 31.2 Å². The molecule has 0 amide bonds. The van der Waals surface area contributed by atoms with Gasteiger partial charge in [0, 0.05) is 18.5 Å². The fraction of sp³-hybridized carbons (Fsp3) is 0.579. The number of aldehydes is 1. The summed E-state index contributed by atoms with van der Waals surface area (Å²) < 4.78 is 0. The fourth-order valence-electron chi connectivity index (χ4n) is 2.10. The van der Waals surface area contributed by atoms with Crippen molar-refractivity contribution in [3.8, 4) is 0 Å². The summed E-state index contributed by atoms with van der Waals surface area (Å²) in [6, 6.07) is -0.372. The third-order valence-corrected chi connectivity index (χ3v) is 3.76. The van der Waals surface area contributed by atoms with Gasteiger partial charge in [0.05, 0.1) is 6.04 Å². The SMILES string of the molecule is C=C(/C=C\C(=C)C(C)CCNC)NC(C=O)CCC(=O)CCC. The highest BCUT2D eigenvalue weighted by Crippen LogP contribution is 2.14. The predicted octanol–water partition coefficient (Wildman–Crippen LogP) is 3.16. The quantitative estimate of drug-likeness (QED) is 0.381. The summed E-state index contributed by atoms with van der Waals surface area (Å²) >= 11 is 0. The Morgan fingerprint density at radius 3 is 2.43 bits per heavy atom. The van der Waals surface area contributed by atoms with Gasteiger partial charge in [-0.2, -0.15) is 0 Å². The zero-order valence-corrected chi connectivity index (χ0v) is 14.9. The molecule has 0 aliphatic carbocycles. The molecule has 0 rings (SSSR count). The zero-order valence-electron chi connectivity index (χ0n) is 14.9. The third-order valence-electron chi connectivity index (χ3n) is 3.76. The third kappa shape index (κ3) is 10.6. The van der Waals surface area contributed by atoms with E-state index < -0.39 is 0 Å². The lowest BCUT2D eigenvalue weighted by Gasteiger charge is -2.14. The Kier molecular flexibility index (Phi) is 11.9. The van der Waals surface area contributed by atoms with Crippen molar-refractivity contribution in [1.29, 1.82) is 0 Å². The number of allylic oxidation sites excluding steroid dienone is 3. The lowest BCUT2D eigenvalue weighted by atomic mass is 9.98. The molecule has 0 bridgehead atoms. The van der Waals surface area contributed by atoms with Crippen LogP contribution in [0.15, 0.2) is 36.6 Å². The summed E-state index contributed by atoms with van der Waals surface area (Å²) in [5.74, 6) is 0.592. The van der Waals surface area contributed by atoms with Crippen LogP contribution in [0.25, 0.3) is 0 Å². The van der Waals surface area contributed by atoms with Crippen LogP contribution in [0.2, 0.25) is 0 Å². The molecule has 130 valence electrons. The van der Waals surface area contributed by atoms with E-state index in [2.05, 4.69) is 30.7 Å². The first kappa shape index (κ1) is 21.3. The van der Waals surface area contributed by atoms with Crippen LogP contribution in [0.3, 0.4) is 0 Å².